The Hall–Kier alpha value is -2.06. The van der Waals surface area contributed by atoms with Crippen molar-refractivity contribution in [3.8, 4) is 11.5 Å². The van der Waals surface area contributed by atoms with E-state index in [1.54, 1.807) is 45.3 Å². The summed E-state index contributed by atoms with van der Waals surface area (Å²) in [6.45, 7) is 4.00. The molecule has 0 radical (unpaired) electrons. The first-order valence-electron chi connectivity index (χ1n) is 7.71. The van der Waals surface area contributed by atoms with Gasteiger partial charge in [0, 0.05) is 14.1 Å². The lowest BCUT2D eigenvalue weighted by Gasteiger charge is -2.20. The molecule has 1 aromatic rings. The number of thiocarbonyl (C=S) groups is 1. The van der Waals surface area contributed by atoms with E-state index in [1.807, 2.05) is 6.92 Å². The second-order valence-electron chi connectivity index (χ2n) is 5.48. The summed E-state index contributed by atoms with van der Waals surface area (Å²) in [5.74, 6) is 0.645. The molecule has 1 heterocycles. The van der Waals surface area contributed by atoms with Crippen LogP contribution in [0.2, 0.25) is 0 Å². The Balaban J connectivity index is 2.25. The number of thioether (sulfide) groups is 1. The van der Waals surface area contributed by atoms with Gasteiger partial charge >= 0.3 is 0 Å². The molecule has 1 fully saturated rings. The zero-order chi connectivity index (χ0) is 18.6. The molecule has 1 saturated heterocycles. The Morgan fingerprint density at radius 2 is 2.12 bits per heavy atom. The number of nitrogens with zero attached hydrogens (tertiary/aromatic N) is 1. The monoisotopic (exact) mass is 380 g/mol. The predicted molar refractivity (Wildman–Crippen MR) is 103 cm³/mol. The van der Waals surface area contributed by atoms with Crippen molar-refractivity contribution in [1.29, 1.82) is 0 Å². The number of hydrogen-bond donors (Lipinski definition) is 1. The van der Waals surface area contributed by atoms with Gasteiger partial charge in [0.25, 0.3) is 11.8 Å². The van der Waals surface area contributed by atoms with E-state index in [-0.39, 0.29) is 11.8 Å². The number of hydrogen-bond acceptors (Lipinski definition) is 6. The van der Waals surface area contributed by atoms with Crippen molar-refractivity contribution in [2.24, 2.45) is 0 Å². The zero-order valence-corrected chi connectivity index (χ0v) is 16.1. The highest BCUT2D eigenvalue weighted by atomic mass is 32.2. The number of ether oxygens (including phenoxy) is 2. The number of carbonyl (C=O) groups is 2. The minimum Gasteiger partial charge on any atom is -0.490 e. The van der Waals surface area contributed by atoms with Gasteiger partial charge in [0.2, 0.25) is 0 Å². The molecule has 2 rings (SSSR count). The third kappa shape index (κ3) is 4.96. The lowest BCUT2D eigenvalue weighted by molar-refractivity contribution is -0.135. The van der Waals surface area contributed by atoms with Crippen molar-refractivity contribution >= 4 is 46.2 Å². The van der Waals surface area contributed by atoms with E-state index >= 15 is 0 Å². The minimum absolute atomic E-state index is 0.138. The van der Waals surface area contributed by atoms with Crippen LogP contribution in [0.15, 0.2) is 23.1 Å². The summed E-state index contributed by atoms with van der Waals surface area (Å²) in [4.78, 5) is 25.7. The van der Waals surface area contributed by atoms with Crippen molar-refractivity contribution in [2.45, 2.75) is 20.0 Å². The quantitative estimate of drug-likeness (QED) is 0.604. The van der Waals surface area contributed by atoms with Crippen LogP contribution in [0.3, 0.4) is 0 Å². The lowest BCUT2D eigenvalue weighted by Crippen LogP contribution is -2.35. The molecule has 1 aliphatic heterocycles. The molecule has 1 atom stereocenters. The van der Waals surface area contributed by atoms with E-state index in [2.05, 4.69) is 5.32 Å². The Morgan fingerprint density at radius 1 is 1.40 bits per heavy atom. The van der Waals surface area contributed by atoms with Crippen LogP contribution in [0.1, 0.15) is 19.4 Å². The van der Waals surface area contributed by atoms with Gasteiger partial charge in [-0.3, -0.25) is 9.59 Å². The molecule has 0 bridgehead atoms. The first-order chi connectivity index (χ1) is 11.8. The van der Waals surface area contributed by atoms with Gasteiger partial charge in [-0.1, -0.05) is 30.0 Å². The Morgan fingerprint density at radius 3 is 2.68 bits per heavy atom. The SMILES string of the molecule is CCOc1cc(/C=C2/SC(=S)NC2=O)ccc1O[C@@H](C)C(=O)N(C)C. The largest absolute Gasteiger partial charge is 0.490 e. The molecule has 8 heteroatoms. The lowest BCUT2D eigenvalue weighted by atomic mass is 10.2. The van der Waals surface area contributed by atoms with E-state index in [4.69, 9.17) is 21.7 Å². The van der Waals surface area contributed by atoms with Crippen LogP contribution >= 0.6 is 24.0 Å². The second kappa shape index (κ2) is 8.35. The molecule has 2 amide bonds. The fourth-order valence-corrected chi connectivity index (χ4v) is 3.20. The van der Waals surface area contributed by atoms with Crippen LogP contribution in [-0.4, -0.2) is 47.8 Å². The molecule has 25 heavy (non-hydrogen) atoms. The maximum absolute atomic E-state index is 12.0. The maximum atomic E-state index is 12.0. The average Bonchev–Trinajstić information content (AvgIpc) is 2.86. The standard InChI is InChI=1S/C17H20N2O4S2/c1-5-22-13-8-11(9-14-15(20)18-17(24)25-14)6-7-12(13)23-10(2)16(21)19(3)4/h6-10H,5H2,1-4H3,(H,18,20,24)/b14-9+/t10-/m0/s1. The molecular weight excluding hydrogens is 360 g/mol. The van der Waals surface area contributed by atoms with Crippen molar-refractivity contribution in [3.05, 3.63) is 28.7 Å². The Labute approximate surface area is 156 Å². The summed E-state index contributed by atoms with van der Waals surface area (Å²) in [6.07, 6.45) is 1.10. The fourth-order valence-electron chi connectivity index (χ4n) is 2.16. The average molecular weight is 380 g/mol. The van der Waals surface area contributed by atoms with Crippen LogP contribution in [-0.2, 0) is 9.59 Å². The van der Waals surface area contributed by atoms with Gasteiger partial charge in [-0.15, -0.1) is 0 Å². The second-order valence-corrected chi connectivity index (χ2v) is 7.20. The minimum atomic E-state index is -0.632. The highest BCUT2D eigenvalue weighted by molar-refractivity contribution is 8.26. The highest BCUT2D eigenvalue weighted by Gasteiger charge is 2.22. The summed E-state index contributed by atoms with van der Waals surface area (Å²) < 4.78 is 11.8. The molecule has 134 valence electrons. The van der Waals surface area contributed by atoms with Gasteiger partial charge in [0.05, 0.1) is 11.5 Å². The van der Waals surface area contributed by atoms with Gasteiger partial charge in [-0.25, -0.2) is 0 Å². The van der Waals surface area contributed by atoms with Crippen LogP contribution < -0.4 is 14.8 Å². The van der Waals surface area contributed by atoms with Crippen molar-refractivity contribution in [1.82, 2.24) is 10.2 Å². The molecule has 0 aliphatic carbocycles. The molecule has 6 nitrogen and oxygen atoms in total. The molecule has 1 aromatic carbocycles. The van der Waals surface area contributed by atoms with Gasteiger partial charge in [-0.2, -0.15) is 0 Å². The molecular formula is C17H20N2O4S2. The smallest absolute Gasteiger partial charge is 0.263 e. The topological polar surface area (TPSA) is 67.9 Å². The Kier molecular flexibility index (Phi) is 6.44. The van der Waals surface area contributed by atoms with Gasteiger partial charge in [0.15, 0.2) is 17.6 Å². The van der Waals surface area contributed by atoms with Crippen LogP contribution in [0.5, 0.6) is 11.5 Å². The Bertz CT molecular complexity index is 731. The van der Waals surface area contributed by atoms with Crippen molar-refractivity contribution in [3.63, 3.8) is 0 Å². The third-order valence-electron chi connectivity index (χ3n) is 3.30. The zero-order valence-electron chi connectivity index (χ0n) is 14.5. The summed E-state index contributed by atoms with van der Waals surface area (Å²) >= 11 is 6.20. The van der Waals surface area contributed by atoms with Crippen LogP contribution in [0, 0.1) is 0 Å². The third-order valence-corrected chi connectivity index (χ3v) is 4.46. The predicted octanol–water partition coefficient (Wildman–Crippen LogP) is 2.43. The fraction of sp³-hybridized carbons (Fsp3) is 0.353. The van der Waals surface area contributed by atoms with E-state index in [9.17, 15) is 9.59 Å². The van der Waals surface area contributed by atoms with Gasteiger partial charge < -0.3 is 19.7 Å². The molecule has 0 saturated carbocycles. The number of likely N-dealkylation sites (N-methyl/N-ethyl adjacent to an activating group) is 1. The van der Waals surface area contributed by atoms with E-state index in [0.717, 1.165) is 5.56 Å². The first kappa shape index (κ1) is 19.3. The molecule has 1 aliphatic rings. The summed E-state index contributed by atoms with van der Waals surface area (Å²) in [5.41, 5.74) is 0.782. The molecule has 0 unspecified atom stereocenters. The molecule has 0 aromatic heterocycles. The summed E-state index contributed by atoms with van der Waals surface area (Å²) in [5, 5.41) is 2.58. The summed E-state index contributed by atoms with van der Waals surface area (Å²) in [7, 11) is 3.35. The van der Waals surface area contributed by atoms with E-state index in [0.29, 0.717) is 27.3 Å². The van der Waals surface area contributed by atoms with Crippen molar-refractivity contribution in [2.75, 3.05) is 20.7 Å². The first-order valence-corrected chi connectivity index (χ1v) is 8.93. The van der Waals surface area contributed by atoms with E-state index in [1.165, 1.54) is 16.7 Å². The number of carbonyl (C=O) groups excluding carboxylic acids is 2. The normalized spacial score (nSPS) is 16.6. The molecule has 0 spiro atoms. The van der Waals surface area contributed by atoms with Crippen molar-refractivity contribution < 1.29 is 19.1 Å². The number of benzene rings is 1. The maximum Gasteiger partial charge on any atom is 0.263 e. The molecule has 1 N–H and O–H groups in total. The number of rotatable bonds is 6. The van der Waals surface area contributed by atoms with E-state index < -0.39 is 6.10 Å². The summed E-state index contributed by atoms with van der Waals surface area (Å²) in [6, 6.07) is 5.30. The van der Waals surface area contributed by atoms with Crippen LogP contribution in [0.25, 0.3) is 6.08 Å². The number of nitrogens with one attached hydrogen (secondary N) is 1. The van der Waals surface area contributed by atoms with Crippen LogP contribution in [0.4, 0.5) is 0 Å². The number of amides is 2. The van der Waals surface area contributed by atoms with Gasteiger partial charge in [-0.05, 0) is 37.6 Å². The highest BCUT2D eigenvalue weighted by Crippen LogP contribution is 2.32. The van der Waals surface area contributed by atoms with Gasteiger partial charge in [0.1, 0.15) is 4.32 Å².